The second-order valence-electron chi connectivity index (χ2n) is 4.82. The van der Waals surface area contributed by atoms with Crippen LogP contribution in [-0.2, 0) is 12.8 Å². The van der Waals surface area contributed by atoms with E-state index in [0.29, 0.717) is 0 Å². The van der Waals surface area contributed by atoms with Crippen molar-refractivity contribution in [3.63, 3.8) is 0 Å². The van der Waals surface area contributed by atoms with Gasteiger partial charge in [-0.3, -0.25) is 0 Å². The van der Waals surface area contributed by atoms with Gasteiger partial charge in [0.05, 0.1) is 0 Å². The highest BCUT2D eigenvalue weighted by Gasteiger charge is 2.12. The van der Waals surface area contributed by atoms with Gasteiger partial charge < -0.3 is 5.11 Å². The van der Waals surface area contributed by atoms with Crippen LogP contribution < -0.4 is 0 Å². The average molecular weight is 419 g/mol. The summed E-state index contributed by atoms with van der Waals surface area (Å²) < 4.78 is 2.04. The van der Waals surface area contributed by atoms with Crippen molar-refractivity contribution in [2.45, 2.75) is 12.8 Å². The molecule has 0 aromatic heterocycles. The van der Waals surface area contributed by atoms with Crippen LogP contribution in [0.5, 0.6) is 0 Å². The molecule has 0 radical (unpaired) electrons. The maximum Gasteiger partial charge on any atom is 0.0465 e. The quantitative estimate of drug-likeness (QED) is 0.702. The summed E-state index contributed by atoms with van der Waals surface area (Å²) in [4.78, 5) is 0. The number of aliphatic hydroxyl groups is 1. The predicted octanol–water partition coefficient (Wildman–Crippen LogP) is 5.26. The Kier molecular flexibility index (Phi) is 6.09. The SMILES string of the molecule is OCC(Cc1ccc(Br)cc1)Cc1ccc(Br)cc1Cl. The molecule has 1 nitrogen and oxygen atoms in total. The molecule has 0 aliphatic rings. The van der Waals surface area contributed by atoms with Crippen LogP contribution in [0, 0.1) is 5.92 Å². The molecule has 0 fully saturated rings. The van der Waals surface area contributed by atoms with Gasteiger partial charge in [0.1, 0.15) is 0 Å². The summed E-state index contributed by atoms with van der Waals surface area (Å²) in [5, 5.41) is 10.3. The van der Waals surface area contributed by atoms with Gasteiger partial charge in [-0.1, -0.05) is 61.7 Å². The summed E-state index contributed by atoms with van der Waals surface area (Å²) in [6.07, 6.45) is 1.62. The zero-order chi connectivity index (χ0) is 14.5. The highest BCUT2D eigenvalue weighted by atomic mass is 79.9. The predicted molar refractivity (Wildman–Crippen MR) is 91.3 cm³/mol. The summed E-state index contributed by atoms with van der Waals surface area (Å²) in [6.45, 7) is 0.155. The van der Waals surface area contributed by atoms with Crippen LogP contribution in [0.15, 0.2) is 51.4 Å². The Balaban J connectivity index is 2.07. The van der Waals surface area contributed by atoms with Crippen LogP contribution in [0.2, 0.25) is 5.02 Å². The van der Waals surface area contributed by atoms with Gasteiger partial charge in [0, 0.05) is 20.6 Å². The fourth-order valence-corrected chi connectivity index (χ4v) is 3.17. The highest BCUT2D eigenvalue weighted by molar-refractivity contribution is 9.10. The number of benzene rings is 2. The van der Waals surface area contributed by atoms with Gasteiger partial charge in [0.15, 0.2) is 0 Å². The normalized spacial score (nSPS) is 12.4. The largest absolute Gasteiger partial charge is 0.396 e. The third-order valence-corrected chi connectivity index (χ3v) is 4.59. The van der Waals surface area contributed by atoms with Crippen molar-refractivity contribution in [2.75, 3.05) is 6.61 Å². The lowest BCUT2D eigenvalue weighted by Crippen LogP contribution is -2.13. The van der Waals surface area contributed by atoms with Gasteiger partial charge in [0.2, 0.25) is 0 Å². The van der Waals surface area contributed by atoms with E-state index in [1.165, 1.54) is 5.56 Å². The van der Waals surface area contributed by atoms with Crippen molar-refractivity contribution >= 4 is 43.5 Å². The molecule has 106 valence electrons. The van der Waals surface area contributed by atoms with E-state index in [9.17, 15) is 5.11 Å². The third kappa shape index (κ3) is 4.59. The molecule has 0 bridgehead atoms. The van der Waals surface area contributed by atoms with Crippen LogP contribution in [0.3, 0.4) is 0 Å². The molecule has 0 aliphatic heterocycles. The van der Waals surface area contributed by atoms with E-state index in [1.54, 1.807) is 0 Å². The summed E-state index contributed by atoms with van der Waals surface area (Å²) in [5.74, 6) is 0.176. The third-order valence-electron chi connectivity index (χ3n) is 3.22. The number of aliphatic hydroxyl groups excluding tert-OH is 1. The lowest BCUT2D eigenvalue weighted by atomic mass is 9.93. The van der Waals surface area contributed by atoms with Crippen molar-refractivity contribution in [1.82, 2.24) is 0 Å². The number of halogens is 3. The second kappa shape index (κ2) is 7.60. The molecule has 0 saturated heterocycles. The van der Waals surface area contributed by atoms with Crippen LogP contribution in [-0.4, -0.2) is 11.7 Å². The molecule has 0 spiro atoms. The Labute approximate surface area is 141 Å². The topological polar surface area (TPSA) is 20.2 Å². The van der Waals surface area contributed by atoms with E-state index < -0.39 is 0 Å². The molecule has 2 aromatic carbocycles. The van der Waals surface area contributed by atoms with Crippen molar-refractivity contribution in [3.8, 4) is 0 Å². The smallest absolute Gasteiger partial charge is 0.0465 e. The first-order chi connectivity index (χ1) is 9.58. The van der Waals surface area contributed by atoms with Crippen LogP contribution >= 0.6 is 43.5 Å². The zero-order valence-electron chi connectivity index (χ0n) is 10.8. The Morgan fingerprint density at radius 3 is 2.20 bits per heavy atom. The van der Waals surface area contributed by atoms with Crippen molar-refractivity contribution in [1.29, 1.82) is 0 Å². The summed E-state index contributed by atoms with van der Waals surface area (Å²) in [6, 6.07) is 14.1. The molecular formula is C16H15Br2ClO. The minimum atomic E-state index is 0.155. The molecule has 0 heterocycles. The molecule has 2 rings (SSSR count). The minimum absolute atomic E-state index is 0.155. The van der Waals surface area contributed by atoms with E-state index in [0.717, 1.165) is 32.4 Å². The first kappa shape index (κ1) is 16.0. The molecule has 1 unspecified atom stereocenters. The molecule has 2 aromatic rings. The lowest BCUT2D eigenvalue weighted by Gasteiger charge is -2.15. The Morgan fingerprint density at radius 1 is 0.950 bits per heavy atom. The lowest BCUT2D eigenvalue weighted by molar-refractivity contribution is 0.225. The van der Waals surface area contributed by atoms with Gasteiger partial charge in [-0.2, -0.15) is 0 Å². The van der Waals surface area contributed by atoms with Crippen LogP contribution in [0.4, 0.5) is 0 Å². The Hall–Kier alpha value is -0.350. The second-order valence-corrected chi connectivity index (χ2v) is 7.06. The van der Waals surface area contributed by atoms with Crippen molar-refractivity contribution in [3.05, 3.63) is 67.6 Å². The maximum atomic E-state index is 9.59. The molecular weight excluding hydrogens is 403 g/mol. The number of hydrogen-bond acceptors (Lipinski definition) is 1. The van der Waals surface area contributed by atoms with Crippen molar-refractivity contribution in [2.24, 2.45) is 5.92 Å². The van der Waals surface area contributed by atoms with Gasteiger partial charge in [-0.15, -0.1) is 0 Å². The van der Waals surface area contributed by atoms with E-state index in [1.807, 2.05) is 30.3 Å². The van der Waals surface area contributed by atoms with Gasteiger partial charge in [0.25, 0.3) is 0 Å². The van der Waals surface area contributed by atoms with Gasteiger partial charge >= 0.3 is 0 Å². The Bertz CT molecular complexity index is 569. The van der Waals surface area contributed by atoms with Crippen LogP contribution in [0.1, 0.15) is 11.1 Å². The fraction of sp³-hybridized carbons (Fsp3) is 0.250. The van der Waals surface area contributed by atoms with Gasteiger partial charge in [-0.05, 0) is 54.2 Å². The molecule has 0 saturated carbocycles. The summed E-state index contributed by atoms with van der Waals surface area (Å²) >= 11 is 13.1. The molecule has 20 heavy (non-hydrogen) atoms. The zero-order valence-corrected chi connectivity index (χ0v) is 14.7. The summed E-state index contributed by atoms with van der Waals surface area (Å²) in [5.41, 5.74) is 2.30. The van der Waals surface area contributed by atoms with Gasteiger partial charge in [-0.25, -0.2) is 0 Å². The Morgan fingerprint density at radius 2 is 1.60 bits per heavy atom. The molecule has 1 atom stereocenters. The monoisotopic (exact) mass is 416 g/mol. The maximum absolute atomic E-state index is 9.59. The number of rotatable bonds is 5. The van der Waals surface area contributed by atoms with E-state index >= 15 is 0 Å². The molecule has 4 heteroatoms. The first-order valence-electron chi connectivity index (χ1n) is 6.37. The minimum Gasteiger partial charge on any atom is -0.396 e. The molecule has 0 amide bonds. The molecule has 1 N–H and O–H groups in total. The van der Waals surface area contributed by atoms with E-state index in [2.05, 4.69) is 44.0 Å². The highest BCUT2D eigenvalue weighted by Crippen LogP contribution is 2.25. The first-order valence-corrected chi connectivity index (χ1v) is 8.34. The standard InChI is InChI=1S/C16H15Br2ClO/c17-14-4-1-11(2-5-14)7-12(10-20)8-13-3-6-15(18)9-16(13)19/h1-6,9,12,20H,7-8,10H2. The van der Waals surface area contributed by atoms with Crippen LogP contribution in [0.25, 0.3) is 0 Å². The van der Waals surface area contributed by atoms with Crippen molar-refractivity contribution < 1.29 is 5.11 Å². The number of hydrogen-bond donors (Lipinski definition) is 1. The summed E-state index contributed by atoms with van der Waals surface area (Å²) in [7, 11) is 0. The average Bonchev–Trinajstić information content (AvgIpc) is 2.43. The fourth-order valence-electron chi connectivity index (χ4n) is 2.15. The molecule has 0 aliphatic carbocycles. The van der Waals surface area contributed by atoms with E-state index in [-0.39, 0.29) is 12.5 Å². The van der Waals surface area contributed by atoms with E-state index in [4.69, 9.17) is 11.6 Å².